The van der Waals surface area contributed by atoms with Gasteiger partial charge in [-0.3, -0.25) is 0 Å². The van der Waals surface area contributed by atoms with Crippen LogP contribution in [-0.4, -0.2) is 24.1 Å². The molecule has 2 aromatic heterocycles. The zero-order valence-corrected chi connectivity index (χ0v) is 12.8. The van der Waals surface area contributed by atoms with Crippen LogP contribution in [-0.2, 0) is 13.1 Å². The van der Waals surface area contributed by atoms with Gasteiger partial charge in [0.2, 0.25) is 5.95 Å². The third kappa shape index (κ3) is 3.65. The molecule has 4 nitrogen and oxygen atoms in total. The normalized spacial score (nSPS) is 10.7. The minimum Gasteiger partial charge on any atom is -0.339 e. The predicted octanol–water partition coefficient (Wildman–Crippen LogP) is 2.86. The summed E-state index contributed by atoms with van der Waals surface area (Å²) in [6.45, 7) is 3.56. The number of halogens is 1. The maximum Gasteiger partial charge on any atom is 0.225 e. The second-order valence-electron chi connectivity index (χ2n) is 4.37. The fraction of sp³-hybridized carbons (Fsp3) is 0.385. The smallest absolute Gasteiger partial charge is 0.225 e. The summed E-state index contributed by atoms with van der Waals surface area (Å²) in [5.41, 5.74) is 2.13. The first-order valence-electron chi connectivity index (χ1n) is 6.02. The van der Waals surface area contributed by atoms with Crippen LogP contribution in [0, 0.1) is 6.92 Å². The van der Waals surface area contributed by atoms with E-state index in [2.05, 4.69) is 15.3 Å². The Balaban J connectivity index is 2.10. The number of hydrogen-bond donors (Lipinski definition) is 1. The highest BCUT2D eigenvalue weighted by Gasteiger charge is 2.09. The zero-order chi connectivity index (χ0) is 13.8. The van der Waals surface area contributed by atoms with Gasteiger partial charge < -0.3 is 10.2 Å². The molecule has 0 radical (unpaired) electrons. The van der Waals surface area contributed by atoms with Gasteiger partial charge in [0.1, 0.15) is 0 Å². The van der Waals surface area contributed by atoms with Gasteiger partial charge in [0.25, 0.3) is 0 Å². The van der Waals surface area contributed by atoms with Gasteiger partial charge in [-0.2, -0.15) is 0 Å². The molecule has 6 heteroatoms. The molecular weight excluding hydrogens is 280 g/mol. The molecular formula is C13H17ClN4S. The minimum atomic E-state index is 0.738. The molecule has 0 atom stereocenters. The molecule has 0 saturated carbocycles. The zero-order valence-electron chi connectivity index (χ0n) is 11.3. The van der Waals surface area contributed by atoms with Crippen LogP contribution in [0.1, 0.15) is 16.1 Å². The lowest BCUT2D eigenvalue weighted by Crippen LogP contribution is -2.19. The van der Waals surface area contributed by atoms with Gasteiger partial charge in [0.05, 0.1) is 10.9 Å². The number of rotatable bonds is 5. The molecule has 1 N–H and O–H groups in total. The van der Waals surface area contributed by atoms with Crippen LogP contribution in [0.5, 0.6) is 0 Å². The molecule has 0 aliphatic carbocycles. The predicted molar refractivity (Wildman–Crippen MR) is 81.0 cm³/mol. The summed E-state index contributed by atoms with van der Waals surface area (Å²) in [5, 5.41) is 3.11. The summed E-state index contributed by atoms with van der Waals surface area (Å²) in [6, 6.07) is 3.95. The molecule has 0 bridgehead atoms. The lowest BCUT2D eigenvalue weighted by atomic mass is 10.2. The summed E-state index contributed by atoms with van der Waals surface area (Å²) < 4.78 is 0.810. The van der Waals surface area contributed by atoms with E-state index in [9.17, 15) is 0 Å². The van der Waals surface area contributed by atoms with Gasteiger partial charge in [-0.05, 0) is 26.1 Å². The maximum atomic E-state index is 5.93. The highest BCUT2D eigenvalue weighted by Crippen LogP contribution is 2.23. The third-order valence-electron chi connectivity index (χ3n) is 2.80. The minimum absolute atomic E-state index is 0.738. The maximum absolute atomic E-state index is 5.93. The van der Waals surface area contributed by atoms with Gasteiger partial charge in [0.15, 0.2) is 0 Å². The van der Waals surface area contributed by atoms with E-state index in [-0.39, 0.29) is 0 Å². The molecule has 0 spiro atoms. The van der Waals surface area contributed by atoms with Crippen LogP contribution >= 0.6 is 22.9 Å². The van der Waals surface area contributed by atoms with Crippen molar-refractivity contribution >= 4 is 28.9 Å². The molecule has 0 fully saturated rings. The van der Waals surface area contributed by atoms with Crippen molar-refractivity contribution < 1.29 is 0 Å². The number of aromatic nitrogens is 2. The number of aryl methyl sites for hydroxylation is 1. The van der Waals surface area contributed by atoms with E-state index in [1.165, 1.54) is 4.88 Å². The molecule has 0 aliphatic heterocycles. The Morgan fingerprint density at radius 2 is 2.21 bits per heavy atom. The Morgan fingerprint density at radius 3 is 2.79 bits per heavy atom. The van der Waals surface area contributed by atoms with E-state index in [0.717, 1.165) is 34.6 Å². The molecule has 2 rings (SSSR count). The molecule has 2 aromatic rings. The Bertz CT molecular complexity index is 555. The van der Waals surface area contributed by atoms with Crippen LogP contribution in [0.25, 0.3) is 0 Å². The summed E-state index contributed by atoms with van der Waals surface area (Å²) in [5.74, 6) is 0.738. The van der Waals surface area contributed by atoms with Crippen molar-refractivity contribution in [2.75, 3.05) is 19.0 Å². The Kier molecular flexibility index (Phi) is 4.74. The third-order valence-corrected chi connectivity index (χ3v) is 4.01. The molecule has 0 unspecified atom stereocenters. The second kappa shape index (κ2) is 6.32. The van der Waals surface area contributed by atoms with Gasteiger partial charge in [-0.15, -0.1) is 11.3 Å². The first-order chi connectivity index (χ1) is 9.10. The first-order valence-corrected chi connectivity index (χ1v) is 7.22. The Morgan fingerprint density at radius 1 is 1.42 bits per heavy atom. The lowest BCUT2D eigenvalue weighted by Gasteiger charge is -2.17. The van der Waals surface area contributed by atoms with Crippen molar-refractivity contribution in [1.82, 2.24) is 15.3 Å². The van der Waals surface area contributed by atoms with E-state index >= 15 is 0 Å². The van der Waals surface area contributed by atoms with Crippen LogP contribution in [0.4, 0.5) is 5.95 Å². The highest BCUT2D eigenvalue weighted by atomic mass is 35.5. The van der Waals surface area contributed by atoms with Crippen LogP contribution in [0.15, 0.2) is 18.3 Å². The molecule has 0 aromatic carbocycles. The molecule has 0 aliphatic rings. The standard InChI is InChI=1S/C13H17ClN4S/c1-9-10(6-15-2)7-16-13(17-9)18(3)8-11-4-5-12(14)19-11/h4-5,7,15H,6,8H2,1-3H3. The van der Waals surface area contributed by atoms with Crippen LogP contribution in [0.2, 0.25) is 4.34 Å². The first kappa shape index (κ1) is 14.2. The second-order valence-corrected chi connectivity index (χ2v) is 6.17. The fourth-order valence-corrected chi connectivity index (χ4v) is 2.91. The molecule has 0 saturated heterocycles. The van der Waals surface area contributed by atoms with Crippen molar-refractivity contribution in [1.29, 1.82) is 0 Å². The lowest BCUT2D eigenvalue weighted by molar-refractivity contribution is 0.787. The van der Waals surface area contributed by atoms with Crippen molar-refractivity contribution in [3.8, 4) is 0 Å². The number of nitrogens with zero attached hydrogens (tertiary/aromatic N) is 3. The number of nitrogens with one attached hydrogen (secondary N) is 1. The molecule has 19 heavy (non-hydrogen) atoms. The summed E-state index contributed by atoms with van der Waals surface area (Å²) in [4.78, 5) is 12.2. The molecule has 0 amide bonds. The van der Waals surface area contributed by atoms with Crippen molar-refractivity contribution in [2.24, 2.45) is 0 Å². The van der Waals surface area contributed by atoms with Gasteiger partial charge in [-0.25, -0.2) is 9.97 Å². The van der Waals surface area contributed by atoms with E-state index in [1.807, 2.05) is 44.2 Å². The van der Waals surface area contributed by atoms with Gasteiger partial charge in [0, 0.05) is 35.9 Å². The van der Waals surface area contributed by atoms with E-state index in [4.69, 9.17) is 11.6 Å². The summed E-state index contributed by atoms with van der Waals surface area (Å²) in [7, 11) is 3.90. The summed E-state index contributed by atoms with van der Waals surface area (Å²) >= 11 is 7.52. The number of thiophene rings is 1. The van der Waals surface area contributed by atoms with E-state index in [0.29, 0.717) is 0 Å². The van der Waals surface area contributed by atoms with E-state index in [1.54, 1.807) is 11.3 Å². The monoisotopic (exact) mass is 296 g/mol. The molecule has 102 valence electrons. The van der Waals surface area contributed by atoms with Crippen molar-refractivity contribution in [3.63, 3.8) is 0 Å². The van der Waals surface area contributed by atoms with Crippen LogP contribution in [0.3, 0.4) is 0 Å². The van der Waals surface area contributed by atoms with Gasteiger partial charge >= 0.3 is 0 Å². The van der Waals surface area contributed by atoms with E-state index < -0.39 is 0 Å². The van der Waals surface area contributed by atoms with Crippen molar-refractivity contribution in [3.05, 3.63) is 38.8 Å². The molecule has 2 heterocycles. The Labute approximate surface area is 122 Å². The number of anilines is 1. The quantitative estimate of drug-likeness (QED) is 0.921. The summed E-state index contributed by atoms with van der Waals surface area (Å²) in [6.07, 6.45) is 1.88. The van der Waals surface area contributed by atoms with Crippen LogP contribution < -0.4 is 10.2 Å². The average molecular weight is 297 g/mol. The topological polar surface area (TPSA) is 41.1 Å². The number of hydrogen-bond acceptors (Lipinski definition) is 5. The Hall–Kier alpha value is -1.17. The fourth-order valence-electron chi connectivity index (χ4n) is 1.77. The largest absolute Gasteiger partial charge is 0.339 e. The average Bonchev–Trinajstić information content (AvgIpc) is 2.77. The SMILES string of the molecule is CNCc1cnc(N(C)Cc2ccc(Cl)s2)nc1C. The highest BCUT2D eigenvalue weighted by molar-refractivity contribution is 7.16. The van der Waals surface area contributed by atoms with Gasteiger partial charge in [-0.1, -0.05) is 11.6 Å². The van der Waals surface area contributed by atoms with Crippen molar-refractivity contribution in [2.45, 2.75) is 20.0 Å².